The fraction of sp³-hybridized carbons (Fsp3) is 0.200. The third-order valence-electron chi connectivity index (χ3n) is 3.56. The maximum Gasteiger partial charge on any atom is 0.222 e. The van der Waals surface area contributed by atoms with Crippen LogP contribution in [0, 0.1) is 0 Å². The Morgan fingerprint density at radius 1 is 1.25 bits per heavy atom. The number of halogens is 1. The lowest BCUT2D eigenvalue weighted by atomic mass is 10.1. The van der Waals surface area contributed by atoms with E-state index in [1.54, 1.807) is 6.20 Å². The van der Waals surface area contributed by atoms with Gasteiger partial charge in [0.25, 0.3) is 0 Å². The van der Waals surface area contributed by atoms with Crippen LogP contribution in [0.25, 0.3) is 22.2 Å². The molecule has 0 spiro atoms. The molecule has 1 aromatic carbocycles. The summed E-state index contributed by atoms with van der Waals surface area (Å²) in [5, 5.41) is 1.40. The first kappa shape index (κ1) is 11.7. The van der Waals surface area contributed by atoms with Crippen molar-refractivity contribution in [3.05, 3.63) is 41.9 Å². The van der Waals surface area contributed by atoms with Crippen LogP contribution >= 0.6 is 11.6 Å². The molecule has 5 heteroatoms. The molecule has 0 saturated heterocycles. The predicted molar refractivity (Wildman–Crippen MR) is 78.1 cm³/mol. The zero-order valence-electron chi connectivity index (χ0n) is 10.7. The summed E-state index contributed by atoms with van der Waals surface area (Å²) in [5.74, 6) is 0.936. The lowest BCUT2D eigenvalue weighted by Crippen LogP contribution is -1.97. The predicted octanol–water partition coefficient (Wildman–Crippen LogP) is 3.53. The van der Waals surface area contributed by atoms with Gasteiger partial charge in [0.15, 0.2) is 0 Å². The van der Waals surface area contributed by atoms with Crippen molar-refractivity contribution in [2.24, 2.45) is 0 Å². The maximum absolute atomic E-state index is 5.90. The van der Waals surface area contributed by atoms with Crippen LogP contribution in [0.15, 0.2) is 36.7 Å². The van der Waals surface area contributed by atoms with Gasteiger partial charge < -0.3 is 9.30 Å². The molecule has 20 heavy (non-hydrogen) atoms. The molecule has 0 fully saturated rings. The Labute approximate surface area is 121 Å². The minimum atomic E-state index is 0.267. The van der Waals surface area contributed by atoms with Crippen molar-refractivity contribution >= 4 is 22.5 Å². The van der Waals surface area contributed by atoms with Crippen molar-refractivity contribution in [2.75, 3.05) is 6.61 Å². The fourth-order valence-corrected chi connectivity index (χ4v) is 2.87. The average Bonchev–Trinajstić information content (AvgIpc) is 2.70. The minimum Gasteiger partial charge on any atom is -0.491 e. The number of ether oxygens (including phenoxy) is 1. The molecule has 0 N–H and O–H groups in total. The molecule has 100 valence electrons. The Hall–Kier alpha value is -2.07. The van der Waals surface area contributed by atoms with Gasteiger partial charge >= 0.3 is 0 Å². The highest BCUT2D eigenvalue weighted by Crippen LogP contribution is 2.36. The van der Waals surface area contributed by atoms with Crippen molar-refractivity contribution in [1.82, 2.24) is 14.5 Å². The topological polar surface area (TPSA) is 39.9 Å². The Morgan fingerprint density at radius 2 is 2.20 bits per heavy atom. The second kappa shape index (κ2) is 4.49. The third-order valence-corrected chi connectivity index (χ3v) is 3.75. The van der Waals surface area contributed by atoms with Gasteiger partial charge in [0.05, 0.1) is 17.8 Å². The standard InChI is InChI=1S/C15H12ClN3O/c16-15-17-6-5-12(18-15)11-9-19-7-2-8-20-13-4-1-3-10(11)14(13)19/h1,3-6,9H,2,7-8H2. The van der Waals surface area contributed by atoms with Crippen molar-refractivity contribution in [3.63, 3.8) is 0 Å². The van der Waals surface area contributed by atoms with Gasteiger partial charge in [-0.05, 0) is 30.2 Å². The van der Waals surface area contributed by atoms with Gasteiger partial charge in [-0.3, -0.25) is 0 Å². The monoisotopic (exact) mass is 285 g/mol. The molecule has 0 atom stereocenters. The summed E-state index contributed by atoms with van der Waals surface area (Å²) in [5.41, 5.74) is 3.04. The van der Waals surface area contributed by atoms with E-state index in [9.17, 15) is 0 Å². The highest BCUT2D eigenvalue weighted by atomic mass is 35.5. The summed E-state index contributed by atoms with van der Waals surface area (Å²) in [4.78, 5) is 8.25. The molecule has 3 aromatic rings. The number of hydrogen-bond donors (Lipinski definition) is 0. The Balaban J connectivity index is 2.02. The van der Waals surface area contributed by atoms with E-state index in [1.807, 2.05) is 18.2 Å². The zero-order valence-corrected chi connectivity index (χ0v) is 11.5. The molecule has 1 aliphatic rings. The molecule has 4 nitrogen and oxygen atoms in total. The first-order valence-electron chi connectivity index (χ1n) is 6.56. The molecule has 2 aromatic heterocycles. The second-order valence-electron chi connectivity index (χ2n) is 4.80. The average molecular weight is 286 g/mol. The second-order valence-corrected chi connectivity index (χ2v) is 5.14. The number of benzene rings is 1. The van der Waals surface area contributed by atoms with Gasteiger partial charge in [-0.1, -0.05) is 12.1 Å². The highest BCUT2D eigenvalue weighted by Gasteiger charge is 2.17. The summed E-state index contributed by atoms with van der Waals surface area (Å²) >= 11 is 5.90. The fourth-order valence-electron chi connectivity index (χ4n) is 2.72. The van der Waals surface area contributed by atoms with Crippen LogP contribution in [0.5, 0.6) is 5.75 Å². The van der Waals surface area contributed by atoms with Gasteiger partial charge in [-0.25, -0.2) is 9.97 Å². The maximum atomic E-state index is 5.90. The van der Waals surface area contributed by atoms with E-state index in [-0.39, 0.29) is 5.28 Å². The Morgan fingerprint density at radius 3 is 3.10 bits per heavy atom. The summed E-state index contributed by atoms with van der Waals surface area (Å²) in [6, 6.07) is 8.00. The third kappa shape index (κ3) is 1.76. The van der Waals surface area contributed by atoms with E-state index in [4.69, 9.17) is 16.3 Å². The molecule has 1 aliphatic heterocycles. The van der Waals surface area contributed by atoms with Crippen LogP contribution < -0.4 is 4.74 Å². The van der Waals surface area contributed by atoms with Crippen LogP contribution in [-0.4, -0.2) is 21.1 Å². The first-order valence-corrected chi connectivity index (χ1v) is 6.94. The van der Waals surface area contributed by atoms with E-state index < -0.39 is 0 Å². The highest BCUT2D eigenvalue weighted by molar-refractivity contribution is 6.28. The zero-order chi connectivity index (χ0) is 13.5. The van der Waals surface area contributed by atoms with Crippen LogP contribution in [0.4, 0.5) is 0 Å². The van der Waals surface area contributed by atoms with Crippen LogP contribution in [-0.2, 0) is 6.54 Å². The summed E-state index contributed by atoms with van der Waals surface area (Å²) < 4.78 is 8.05. The van der Waals surface area contributed by atoms with Gasteiger partial charge in [-0.2, -0.15) is 0 Å². The Kier molecular flexibility index (Phi) is 2.63. The van der Waals surface area contributed by atoms with Crippen LogP contribution in [0.2, 0.25) is 5.28 Å². The first-order chi connectivity index (χ1) is 9.83. The molecule has 0 bridgehead atoms. The van der Waals surface area contributed by atoms with Gasteiger partial charge in [0, 0.05) is 29.9 Å². The van der Waals surface area contributed by atoms with E-state index in [0.717, 1.165) is 47.5 Å². The van der Waals surface area contributed by atoms with Gasteiger partial charge in [0.1, 0.15) is 5.75 Å². The molecule has 0 amide bonds. The van der Waals surface area contributed by atoms with E-state index in [0.29, 0.717) is 0 Å². The van der Waals surface area contributed by atoms with Crippen molar-refractivity contribution in [2.45, 2.75) is 13.0 Å². The van der Waals surface area contributed by atoms with Gasteiger partial charge in [-0.15, -0.1) is 0 Å². The molecule has 0 saturated carbocycles. The van der Waals surface area contributed by atoms with Crippen molar-refractivity contribution in [1.29, 1.82) is 0 Å². The summed E-state index contributed by atoms with van der Waals surface area (Å²) in [7, 11) is 0. The largest absolute Gasteiger partial charge is 0.491 e. The summed E-state index contributed by atoms with van der Waals surface area (Å²) in [6.07, 6.45) is 4.81. The van der Waals surface area contributed by atoms with Crippen molar-refractivity contribution < 1.29 is 4.74 Å². The number of hydrogen-bond acceptors (Lipinski definition) is 3. The van der Waals surface area contributed by atoms with Gasteiger partial charge in [0.2, 0.25) is 5.28 Å². The molecular weight excluding hydrogens is 274 g/mol. The molecule has 0 unspecified atom stereocenters. The molecule has 0 aliphatic carbocycles. The molecular formula is C15H12ClN3O. The van der Waals surface area contributed by atoms with E-state index in [1.165, 1.54) is 0 Å². The van der Waals surface area contributed by atoms with E-state index >= 15 is 0 Å². The summed E-state index contributed by atoms with van der Waals surface area (Å²) in [6.45, 7) is 1.71. The van der Waals surface area contributed by atoms with Crippen LogP contribution in [0.1, 0.15) is 6.42 Å². The number of para-hydroxylation sites is 1. The number of rotatable bonds is 1. The SMILES string of the molecule is Clc1nccc(-c2cn3c4c(cccc24)OCCC3)n1. The van der Waals surface area contributed by atoms with Crippen molar-refractivity contribution in [3.8, 4) is 17.0 Å². The lowest BCUT2D eigenvalue weighted by molar-refractivity contribution is 0.316. The number of aryl methyl sites for hydroxylation is 1. The Bertz CT molecular complexity index is 797. The lowest BCUT2D eigenvalue weighted by Gasteiger charge is -2.04. The normalized spacial score (nSPS) is 14.1. The van der Waals surface area contributed by atoms with Crippen LogP contribution in [0.3, 0.4) is 0 Å². The number of nitrogens with zero attached hydrogens (tertiary/aromatic N) is 3. The molecule has 0 radical (unpaired) electrons. The smallest absolute Gasteiger partial charge is 0.222 e. The quantitative estimate of drug-likeness (QED) is 0.642. The molecule has 3 heterocycles. The number of aromatic nitrogens is 3. The minimum absolute atomic E-state index is 0.267. The molecule has 4 rings (SSSR count). The van der Waals surface area contributed by atoms with E-state index in [2.05, 4.69) is 26.8 Å².